The summed E-state index contributed by atoms with van der Waals surface area (Å²) in [6.07, 6.45) is 10.3. The van der Waals surface area contributed by atoms with Gasteiger partial charge in [0.2, 0.25) is 17.7 Å². The molecule has 2 aliphatic carbocycles. The number of nitrogens with one attached hydrogen (secondary N) is 4. The molecule has 3 heterocycles. The number of aliphatic imine (C=N–C) groups is 1. The van der Waals surface area contributed by atoms with E-state index in [2.05, 4.69) is 70.1 Å². The third kappa shape index (κ3) is 7.99. The number of nitrogens with zero attached hydrogens (tertiary/aromatic N) is 3. The average molecular weight is 818 g/mol. The van der Waals surface area contributed by atoms with Crippen LogP contribution in [-0.2, 0) is 31.1 Å². The standard InChI is InChI=1S/C48H63N7O5/c1-29(2)42(52-59)46(57)55-26-10-14-40(55)45(56)50-34-12-8-11-33(27-34)35-19-20-36(41-37(35)21-24-48(41)22-6-7-23-48)31-15-17-32(18-16-31)38-28-49-44(51-38)39-13-9-25-54(39)47(58)43(30(3)4)53-60-5/h8,11-12,15-20,27,29-30,38-40,42-43,52-53,59H,6-7,9-10,13-14,21-26,28H2,1-5H3,(H,49,51)(H,50,56)/t38?,39-,40?,42?,43-/m0/s1. The number of amidine groups is 1. The molecule has 3 aromatic rings. The smallest absolute Gasteiger partial charge is 0.247 e. The van der Waals surface area contributed by atoms with Crippen molar-refractivity contribution in [1.29, 1.82) is 0 Å². The Bertz CT molecular complexity index is 2090. The molecule has 0 radical (unpaired) electrons. The highest BCUT2D eigenvalue weighted by Crippen LogP contribution is 2.55. The van der Waals surface area contributed by atoms with Gasteiger partial charge in [0.1, 0.15) is 24.0 Å². The molecular weight excluding hydrogens is 755 g/mol. The molecule has 60 heavy (non-hydrogen) atoms. The van der Waals surface area contributed by atoms with Crippen molar-refractivity contribution in [2.75, 3.05) is 32.1 Å². The number of amides is 3. The van der Waals surface area contributed by atoms with E-state index in [-0.39, 0.29) is 47.1 Å². The fourth-order valence-corrected chi connectivity index (χ4v) is 10.9. The lowest BCUT2D eigenvalue weighted by atomic mass is 9.76. The van der Waals surface area contributed by atoms with Crippen LogP contribution in [-0.4, -0.2) is 89.5 Å². The minimum Gasteiger partial charge on any atom is -0.363 e. The highest BCUT2D eigenvalue weighted by Gasteiger charge is 2.44. The molecule has 320 valence electrons. The van der Waals surface area contributed by atoms with Gasteiger partial charge in [-0.3, -0.25) is 19.4 Å². The van der Waals surface area contributed by atoms with Gasteiger partial charge in [-0.25, -0.2) is 0 Å². The molecular formula is C48H63N7O5. The van der Waals surface area contributed by atoms with Crippen LogP contribution in [0.5, 0.6) is 0 Å². The fraction of sp³-hybridized carbons (Fsp3) is 0.542. The number of hydrogen-bond acceptors (Lipinski definition) is 9. The fourth-order valence-electron chi connectivity index (χ4n) is 10.9. The maximum Gasteiger partial charge on any atom is 0.247 e. The van der Waals surface area contributed by atoms with Crippen molar-refractivity contribution in [1.82, 2.24) is 26.1 Å². The van der Waals surface area contributed by atoms with Crippen LogP contribution in [0.1, 0.15) is 108 Å². The Morgan fingerprint density at radius 2 is 1.53 bits per heavy atom. The molecule has 12 heteroatoms. The lowest BCUT2D eigenvalue weighted by molar-refractivity contribution is -0.142. The monoisotopic (exact) mass is 817 g/mol. The third-order valence-electron chi connectivity index (χ3n) is 14.0. The second-order valence-electron chi connectivity index (χ2n) is 18.4. The van der Waals surface area contributed by atoms with E-state index < -0.39 is 18.1 Å². The lowest BCUT2D eigenvalue weighted by Crippen LogP contribution is -2.53. The number of benzene rings is 3. The van der Waals surface area contributed by atoms with Gasteiger partial charge in [0.05, 0.1) is 25.7 Å². The molecule has 0 bridgehead atoms. The summed E-state index contributed by atoms with van der Waals surface area (Å²) in [4.78, 5) is 54.3. The number of rotatable bonds is 13. The van der Waals surface area contributed by atoms with E-state index in [0.717, 1.165) is 50.0 Å². The van der Waals surface area contributed by atoms with Gasteiger partial charge < -0.3 is 30.5 Å². The van der Waals surface area contributed by atoms with Crippen molar-refractivity contribution in [3.63, 3.8) is 0 Å². The highest BCUT2D eigenvalue weighted by molar-refractivity contribution is 5.99. The van der Waals surface area contributed by atoms with E-state index in [9.17, 15) is 19.6 Å². The van der Waals surface area contributed by atoms with Gasteiger partial charge in [-0.2, -0.15) is 11.0 Å². The number of carbonyl (C=O) groups is 3. The first-order valence-electron chi connectivity index (χ1n) is 22.3. The number of hydrogen-bond donors (Lipinski definition) is 5. The third-order valence-corrected chi connectivity index (χ3v) is 14.0. The van der Waals surface area contributed by atoms with Crippen LogP contribution in [0.15, 0.2) is 65.7 Å². The summed E-state index contributed by atoms with van der Waals surface area (Å²) < 4.78 is 0. The topological polar surface area (TPSA) is 148 Å². The summed E-state index contributed by atoms with van der Waals surface area (Å²) in [6, 6.07) is 20.0. The normalized spacial score (nSPS) is 23.0. The van der Waals surface area contributed by atoms with Gasteiger partial charge in [-0.1, -0.05) is 89.1 Å². The maximum atomic E-state index is 13.7. The van der Waals surface area contributed by atoms with E-state index in [4.69, 9.17) is 9.83 Å². The first-order valence-corrected chi connectivity index (χ1v) is 22.3. The van der Waals surface area contributed by atoms with Crippen molar-refractivity contribution < 1.29 is 24.4 Å². The molecule has 8 rings (SSSR count). The molecule has 5 atom stereocenters. The van der Waals surface area contributed by atoms with Crippen LogP contribution in [0.4, 0.5) is 5.69 Å². The SMILES string of the molecule is CON[C@H](C(=O)N1CCC[C@H]1C1=NCC(c2ccc(-c3ccc(-c4cccc(NC(=O)C5CCCN5C(=O)C(NO)C(C)C)c4)c4c3C3(CCCC3)CC4)cc2)N1)C(C)C. The van der Waals surface area contributed by atoms with Gasteiger partial charge in [0.15, 0.2) is 0 Å². The summed E-state index contributed by atoms with van der Waals surface area (Å²) in [5, 5.41) is 16.5. The van der Waals surface area contributed by atoms with Gasteiger partial charge in [-0.15, -0.1) is 0 Å². The van der Waals surface area contributed by atoms with Crippen LogP contribution in [0, 0.1) is 11.8 Å². The number of likely N-dealkylation sites (tertiary alicyclic amines) is 2. The van der Waals surface area contributed by atoms with Gasteiger partial charge >= 0.3 is 0 Å². The second-order valence-corrected chi connectivity index (χ2v) is 18.4. The summed E-state index contributed by atoms with van der Waals surface area (Å²) in [6.45, 7) is 9.66. The highest BCUT2D eigenvalue weighted by atomic mass is 16.6. The van der Waals surface area contributed by atoms with Crippen molar-refractivity contribution in [3.05, 3.63) is 77.4 Å². The summed E-state index contributed by atoms with van der Waals surface area (Å²) in [7, 11) is 1.56. The molecule has 2 saturated heterocycles. The predicted molar refractivity (Wildman–Crippen MR) is 234 cm³/mol. The van der Waals surface area contributed by atoms with Crippen LogP contribution in [0.3, 0.4) is 0 Å². The molecule has 3 amide bonds. The van der Waals surface area contributed by atoms with Crippen LogP contribution >= 0.6 is 0 Å². The van der Waals surface area contributed by atoms with Crippen LogP contribution in [0.25, 0.3) is 22.3 Å². The van der Waals surface area contributed by atoms with Gasteiger partial charge in [0, 0.05) is 18.8 Å². The Kier molecular flexibility index (Phi) is 12.5. The van der Waals surface area contributed by atoms with E-state index in [1.165, 1.54) is 59.1 Å². The van der Waals surface area contributed by atoms with E-state index in [0.29, 0.717) is 25.2 Å². The molecule has 3 aromatic carbocycles. The molecule has 1 spiro atoms. The van der Waals surface area contributed by atoms with E-state index in [1.807, 2.05) is 44.7 Å². The minimum atomic E-state index is -0.754. The van der Waals surface area contributed by atoms with Crippen molar-refractivity contribution in [2.24, 2.45) is 16.8 Å². The lowest BCUT2D eigenvalue weighted by Gasteiger charge is -2.31. The zero-order valence-corrected chi connectivity index (χ0v) is 35.9. The van der Waals surface area contributed by atoms with E-state index >= 15 is 0 Å². The summed E-state index contributed by atoms with van der Waals surface area (Å²) in [5.74, 6) is 0.492. The quantitative estimate of drug-likeness (QED) is 0.117. The molecule has 5 N–H and O–H groups in total. The molecule has 3 unspecified atom stereocenters. The largest absolute Gasteiger partial charge is 0.363 e. The number of fused-ring (bicyclic) bond motifs is 2. The van der Waals surface area contributed by atoms with Gasteiger partial charge in [-0.05, 0) is 120 Å². The Morgan fingerprint density at radius 1 is 0.833 bits per heavy atom. The Balaban J connectivity index is 1.00. The van der Waals surface area contributed by atoms with Crippen LogP contribution in [0.2, 0.25) is 0 Å². The zero-order chi connectivity index (χ0) is 42.1. The number of anilines is 1. The molecule has 3 aliphatic heterocycles. The summed E-state index contributed by atoms with van der Waals surface area (Å²) >= 11 is 0. The minimum absolute atomic E-state index is 0.0523. The molecule has 1 saturated carbocycles. The maximum absolute atomic E-state index is 13.7. The summed E-state index contributed by atoms with van der Waals surface area (Å²) in [5.41, 5.74) is 14.9. The molecule has 5 aliphatic rings. The van der Waals surface area contributed by atoms with Gasteiger partial charge in [0.25, 0.3) is 0 Å². The van der Waals surface area contributed by atoms with Crippen LogP contribution < -0.4 is 21.6 Å². The first-order chi connectivity index (χ1) is 29.0. The first kappa shape index (κ1) is 42.1. The molecule has 0 aromatic heterocycles. The number of carbonyl (C=O) groups excluding carboxylic acids is 3. The Hall–Kier alpha value is -4.62. The second kappa shape index (κ2) is 17.8. The van der Waals surface area contributed by atoms with Crippen molar-refractivity contribution in [3.8, 4) is 22.3 Å². The van der Waals surface area contributed by atoms with Crippen molar-refractivity contribution in [2.45, 2.75) is 128 Å². The Labute approximate surface area is 354 Å². The van der Waals surface area contributed by atoms with E-state index in [1.54, 1.807) is 12.0 Å². The average Bonchev–Trinajstić information content (AvgIpc) is 4.11. The molecule has 3 fully saturated rings. The number of hydroxylamine groups is 2. The molecule has 12 nitrogen and oxygen atoms in total. The van der Waals surface area contributed by atoms with Crippen molar-refractivity contribution >= 4 is 29.2 Å². The predicted octanol–water partition coefficient (Wildman–Crippen LogP) is 6.92. The zero-order valence-electron chi connectivity index (χ0n) is 35.9. The Morgan fingerprint density at radius 3 is 2.25 bits per heavy atom.